The van der Waals surface area contributed by atoms with Crippen molar-refractivity contribution in [3.63, 3.8) is 0 Å². The zero-order chi connectivity index (χ0) is 11.7. The Morgan fingerprint density at radius 1 is 1.50 bits per heavy atom. The van der Waals surface area contributed by atoms with Gasteiger partial charge in [0, 0.05) is 12.7 Å². The van der Waals surface area contributed by atoms with Crippen molar-refractivity contribution in [2.24, 2.45) is 0 Å². The van der Waals surface area contributed by atoms with Crippen LogP contribution in [0.1, 0.15) is 16.6 Å². The second-order valence-corrected chi connectivity index (χ2v) is 6.24. The topological polar surface area (TPSA) is 26.3 Å². The average molecular weight is 411 g/mol. The Bertz CT molecular complexity index is 511. The SMILES string of the molecule is CCOC(=O)c1cc2cc(I)c(Br)cc2s1. The summed E-state index contributed by atoms with van der Waals surface area (Å²) in [4.78, 5) is 12.2. The fraction of sp³-hybridized carbons (Fsp3) is 0.182. The first-order valence-electron chi connectivity index (χ1n) is 4.67. The second kappa shape index (κ2) is 5.01. The van der Waals surface area contributed by atoms with Crippen LogP contribution in [-0.2, 0) is 4.74 Å². The summed E-state index contributed by atoms with van der Waals surface area (Å²) >= 11 is 7.19. The third-order valence-corrected chi connectivity index (χ3v) is 5.40. The molecule has 1 aromatic heterocycles. The predicted octanol–water partition coefficient (Wildman–Crippen LogP) is 4.45. The van der Waals surface area contributed by atoms with E-state index in [0.717, 1.165) is 18.1 Å². The van der Waals surface area contributed by atoms with E-state index in [9.17, 15) is 4.79 Å². The summed E-state index contributed by atoms with van der Waals surface area (Å²) in [6.07, 6.45) is 0. The predicted molar refractivity (Wildman–Crippen MR) is 78.2 cm³/mol. The molecule has 0 spiro atoms. The number of halogens is 2. The van der Waals surface area contributed by atoms with Gasteiger partial charge in [0.1, 0.15) is 4.88 Å². The monoisotopic (exact) mass is 410 g/mol. The van der Waals surface area contributed by atoms with Gasteiger partial charge in [-0.1, -0.05) is 0 Å². The van der Waals surface area contributed by atoms with Gasteiger partial charge in [-0.15, -0.1) is 11.3 Å². The number of fused-ring (bicyclic) bond motifs is 1. The molecule has 1 aromatic carbocycles. The van der Waals surface area contributed by atoms with Gasteiger partial charge >= 0.3 is 5.97 Å². The lowest BCUT2D eigenvalue weighted by Crippen LogP contribution is -2.01. The van der Waals surface area contributed by atoms with Gasteiger partial charge in [0.2, 0.25) is 0 Å². The molecule has 0 fully saturated rings. The van der Waals surface area contributed by atoms with Crippen LogP contribution >= 0.6 is 49.9 Å². The van der Waals surface area contributed by atoms with Crippen molar-refractivity contribution in [2.75, 3.05) is 6.61 Å². The summed E-state index contributed by atoms with van der Waals surface area (Å²) in [5, 5.41) is 1.08. The van der Waals surface area contributed by atoms with Crippen molar-refractivity contribution in [1.29, 1.82) is 0 Å². The van der Waals surface area contributed by atoms with E-state index in [1.165, 1.54) is 11.3 Å². The van der Waals surface area contributed by atoms with E-state index in [2.05, 4.69) is 44.6 Å². The van der Waals surface area contributed by atoms with E-state index < -0.39 is 0 Å². The van der Waals surface area contributed by atoms with Crippen molar-refractivity contribution in [1.82, 2.24) is 0 Å². The minimum absolute atomic E-state index is 0.241. The van der Waals surface area contributed by atoms with Gasteiger partial charge in [-0.3, -0.25) is 0 Å². The number of ether oxygens (including phenoxy) is 1. The molecule has 0 amide bonds. The van der Waals surface area contributed by atoms with Gasteiger partial charge in [0.05, 0.1) is 6.61 Å². The van der Waals surface area contributed by atoms with Gasteiger partial charge in [0.15, 0.2) is 0 Å². The fourth-order valence-electron chi connectivity index (χ4n) is 1.34. The second-order valence-electron chi connectivity index (χ2n) is 3.14. The van der Waals surface area contributed by atoms with E-state index >= 15 is 0 Å². The highest BCUT2D eigenvalue weighted by atomic mass is 127. The van der Waals surface area contributed by atoms with Crippen LogP contribution in [0.3, 0.4) is 0 Å². The van der Waals surface area contributed by atoms with Crippen molar-refractivity contribution in [3.05, 3.63) is 31.1 Å². The smallest absolute Gasteiger partial charge is 0.348 e. The zero-order valence-electron chi connectivity index (χ0n) is 8.42. The summed E-state index contributed by atoms with van der Waals surface area (Å²) in [6, 6.07) is 5.97. The molecular formula is C11H8BrIO2S. The quantitative estimate of drug-likeness (QED) is 0.540. The normalized spacial score (nSPS) is 10.7. The number of thiophene rings is 1. The zero-order valence-corrected chi connectivity index (χ0v) is 13.0. The lowest BCUT2D eigenvalue weighted by atomic mass is 10.2. The maximum absolute atomic E-state index is 11.6. The fourth-order valence-corrected chi connectivity index (χ4v) is 3.30. The Balaban J connectivity index is 2.48. The number of carbonyl (C=O) groups is 1. The third kappa shape index (κ3) is 2.41. The summed E-state index contributed by atoms with van der Waals surface area (Å²) in [5.41, 5.74) is 0. The maximum atomic E-state index is 11.6. The minimum atomic E-state index is -0.241. The highest BCUT2D eigenvalue weighted by Crippen LogP contribution is 2.31. The van der Waals surface area contributed by atoms with Crippen molar-refractivity contribution >= 4 is 65.9 Å². The van der Waals surface area contributed by atoms with Crippen LogP contribution in [0.2, 0.25) is 0 Å². The lowest BCUT2D eigenvalue weighted by Gasteiger charge is -1.95. The summed E-state index contributed by atoms with van der Waals surface area (Å²) in [6.45, 7) is 2.22. The number of benzene rings is 1. The Morgan fingerprint density at radius 2 is 2.25 bits per heavy atom. The molecule has 0 saturated heterocycles. The van der Waals surface area contributed by atoms with Gasteiger partial charge in [-0.25, -0.2) is 4.79 Å². The summed E-state index contributed by atoms with van der Waals surface area (Å²) in [7, 11) is 0. The van der Waals surface area contributed by atoms with Gasteiger partial charge < -0.3 is 4.74 Å². The molecule has 2 aromatic rings. The lowest BCUT2D eigenvalue weighted by molar-refractivity contribution is 0.0532. The van der Waals surface area contributed by atoms with Crippen LogP contribution in [-0.4, -0.2) is 12.6 Å². The first-order valence-corrected chi connectivity index (χ1v) is 7.36. The molecule has 0 saturated carbocycles. The van der Waals surface area contributed by atoms with E-state index in [4.69, 9.17) is 4.74 Å². The molecule has 2 rings (SSSR count). The summed E-state index contributed by atoms with van der Waals surface area (Å²) in [5.74, 6) is -0.241. The number of carbonyl (C=O) groups excluding carboxylic acids is 1. The van der Waals surface area contributed by atoms with Crippen molar-refractivity contribution in [2.45, 2.75) is 6.92 Å². The number of rotatable bonds is 2. The van der Waals surface area contributed by atoms with Gasteiger partial charge in [-0.05, 0) is 69.0 Å². The first-order chi connectivity index (χ1) is 7.61. The molecule has 0 atom stereocenters. The Kier molecular flexibility index (Phi) is 3.86. The molecule has 0 aliphatic heterocycles. The molecular weight excluding hydrogens is 403 g/mol. The minimum Gasteiger partial charge on any atom is -0.462 e. The Morgan fingerprint density at radius 3 is 2.94 bits per heavy atom. The molecule has 0 bridgehead atoms. The highest BCUT2D eigenvalue weighted by molar-refractivity contribution is 14.1. The van der Waals surface area contributed by atoms with Crippen molar-refractivity contribution < 1.29 is 9.53 Å². The molecule has 0 radical (unpaired) electrons. The van der Waals surface area contributed by atoms with E-state index in [1.54, 1.807) is 0 Å². The van der Waals surface area contributed by atoms with E-state index in [1.807, 2.05) is 19.1 Å². The van der Waals surface area contributed by atoms with Crippen LogP contribution in [0.5, 0.6) is 0 Å². The molecule has 0 unspecified atom stereocenters. The first kappa shape index (κ1) is 12.3. The number of hydrogen-bond donors (Lipinski definition) is 0. The average Bonchev–Trinajstić information content (AvgIpc) is 2.62. The maximum Gasteiger partial charge on any atom is 0.348 e. The number of esters is 1. The van der Waals surface area contributed by atoms with Crippen LogP contribution in [0, 0.1) is 3.57 Å². The van der Waals surface area contributed by atoms with Crippen LogP contribution in [0.25, 0.3) is 10.1 Å². The standard InChI is InChI=1S/C11H8BrIO2S/c1-2-15-11(14)10-4-6-3-8(13)7(12)5-9(6)16-10/h3-5H,2H2,1H3. The number of hydrogen-bond acceptors (Lipinski definition) is 3. The van der Waals surface area contributed by atoms with Gasteiger partial charge in [-0.2, -0.15) is 0 Å². The molecule has 16 heavy (non-hydrogen) atoms. The molecule has 1 heterocycles. The van der Waals surface area contributed by atoms with Crippen LogP contribution in [0.4, 0.5) is 0 Å². The van der Waals surface area contributed by atoms with Crippen LogP contribution < -0.4 is 0 Å². The third-order valence-electron chi connectivity index (χ3n) is 2.04. The molecule has 84 valence electrons. The Hall–Kier alpha value is -0.140. The van der Waals surface area contributed by atoms with Crippen LogP contribution in [0.15, 0.2) is 22.7 Å². The molecule has 5 heteroatoms. The largest absolute Gasteiger partial charge is 0.462 e. The van der Waals surface area contributed by atoms with Gasteiger partial charge in [0.25, 0.3) is 0 Å². The molecule has 0 N–H and O–H groups in total. The molecule has 2 nitrogen and oxygen atoms in total. The van der Waals surface area contributed by atoms with E-state index in [0.29, 0.717) is 11.5 Å². The van der Waals surface area contributed by atoms with Crippen molar-refractivity contribution in [3.8, 4) is 0 Å². The Labute approximate surface area is 119 Å². The highest BCUT2D eigenvalue weighted by Gasteiger charge is 2.12. The molecule has 0 aliphatic carbocycles. The molecule has 0 aliphatic rings. The van der Waals surface area contributed by atoms with E-state index in [-0.39, 0.29) is 5.97 Å². The summed E-state index contributed by atoms with van der Waals surface area (Å²) < 4.78 is 8.26.